The van der Waals surface area contributed by atoms with Crippen LogP contribution in [0.25, 0.3) is 0 Å². The van der Waals surface area contributed by atoms with Gasteiger partial charge < -0.3 is 0 Å². The first-order valence-electron chi connectivity index (χ1n) is 5.67. The van der Waals surface area contributed by atoms with Gasteiger partial charge in [0.1, 0.15) is 10.7 Å². The molecule has 0 aliphatic heterocycles. The largest absolute Gasteiger partial charge is 0.287 e. The summed E-state index contributed by atoms with van der Waals surface area (Å²) in [6.07, 6.45) is 0.902. The molecule has 6 nitrogen and oxygen atoms in total. The molecule has 0 aliphatic carbocycles. The maximum atomic E-state index is 13.6. The number of halogens is 1. The van der Waals surface area contributed by atoms with Gasteiger partial charge in [0.2, 0.25) is 0 Å². The summed E-state index contributed by atoms with van der Waals surface area (Å²) in [5.74, 6) is -0.983. The van der Waals surface area contributed by atoms with Gasteiger partial charge in [0.05, 0.1) is 11.5 Å². The third kappa shape index (κ3) is 4.51. The third-order valence-corrected chi connectivity index (χ3v) is 4.55. The fraction of sp³-hybridized carbons (Fsp3) is 0.455. The molecule has 1 aromatic carbocycles. The SMILES string of the molecule is CC(C)CONS(=O)(=O)c1cc(S(C)(=O)=O)ccc1F. The highest BCUT2D eigenvalue weighted by atomic mass is 32.2. The van der Waals surface area contributed by atoms with E-state index in [4.69, 9.17) is 4.84 Å². The van der Waals surface area contributed by atoms with Gasteiger partial charge in [-0.25, -0.2) is 21.2 Å². The van der Waals surface area contributed by atoms with Crippen molar-refractivity contribution in [3.63, 3.8) is 0 Å². The summed E-state index contributed by atoms with van der Waals surface area (Å²) >= 11 is 0. The molecule has 1 N–H and O–H groups in total. The molecule has 0 spiro atoms. The van der Waals surface area contributed by atoms with Crippen molar-refractivity contribution in [1.29, 1.82) is 0 Å². The maximum absolute atomic E-state index is 13.6. The van der Waals surface area contributed by atoms with Gasteiger partial charge in [0, 0.05) is 6.26 Å². The predicted octanol–water partition coefficient (Wildman–Crippen LogP) is 1.10. The Morgan fingerprint density at radius 1 is 1.25 bits per heavy atom. The molecule has 9 heteroatoms. The first kappa shape index (κ1) is 17.0. The number of hydrogen-bond acceptors (Lipinski definition) is 5. The van der Waals surface area contributed by atoms with Gasteiger partial charge in [-0.2, -0.15) is 0 Å². The smallest absolute Gasteiger partial charge is 0.265 e. The second-order valence-electron chi connectivity index (χ2n) is 4.66. The highest BCUT2D eigenvalue weighted by Crippen LogP contribution is 2.19. The van der Waals surface area contributed by atoms with Crippen LogP contribution in [0, 0.1) is 11.7 Å². The van der Waals surface area contributed by atoms with Crippen molar-refractivity contribution in [2.45, 2.75) is 23.6 Å². The molecule has 0 amide bonds. The summed E-state index contributed by atoms with van der Waals surface area (Å²) in [6.45, 7) is 3.71. The summed E-state index contributed by atoms with van der Waals surface area (Å²) in [4.78, 5) is 5.44. The van der Waals surface area contributed by atoms with Crippen LogP contribution in [0.2, 0.25) is 0 Å². The van der Waals surface area contributed by atoms with Gasteiger partial charge in [-0.15, -0.1) is 0 Å². The molecule has 0 radical (unpaired) electrons. The van der Waals surface area contributed by atoms with Gasteiger partial charge >= 0.3 is 0 Å². The Hall–Kier alpha value is -1.03. The van der Waals surface area contributed by atoms with Crippen molar-refractivity contribution >= 4 is 19.9 Å². The Bertz CT molecular complexity index is 683. The van der Waals surface area contributed by atoms with E-state index in [1.54, 1.807) is 18.7 Å². The van der Waals surface area contributed by atoms with Crippen molar-refractivity contribution < 1.29 is 26.1 Å². The summed E-state index contributed by atoms with van der Waals surface area (Å²) < 4.78 is 60.0. The second kappa shape index (κ2) is 6.17. The van der Waals surface area contributed by atoms with Gasteiger partial charge in [-0.3, -0.25) is 4.84 Å². The second-order valence-corrected chi connectivity index (χ2v) is 8.29. The van der Waals surface area contributed by atoms with Crippen molar-refractivity contribution in [3.05, 3.63) is 24.0 Å². The standard InChI is InChI=1S/C11H16FNO5S2/c1-8(2)7-18-13-20(16,17)11-6-9(19(3,14)15)4-5-10(11)12/h4-6,8,13H,7H2,1-3H3. The van der Waals surface area contributed by atoms with Gasteiger partial charge in [0.25, 0.3) is 10.0 Å². The van der Waals surface area contributed by atoms with E-state index in [9.17, 15) is 21.2 Å². The van der Waals surface area contributed by atoms with Crippen LogP contribution < -0.4 is 4.89 Å². The zero-order valence-corrected chi connectivity index (χ0v) is 12.9. The molecule has 1 rings (SSSR count). The Balaban J connectivity index is 3.12. The van der Waals surface area contributed by atoms with Crippen molar-refractivity contribution in [1.82, 2.24) is 4.89 Å². The normalized spacial score (nSPS) is 12.8. The summed E-state index contributed by atoms with van der Waals surface area (Å²) in [7, 11) is -7.92. The topological polar surface area (TPSA) is 89.5 Å². The lowest BCUT2D eigenvalue weighted by molar-refractivity contribution is 0.0717. The molecule has 0 heterocycles. The molecule has 0 saturated heterocycles. The molecule has 0 aliphatic rings. The number of benzene rings is 1. The number of sulfonamides is 1. The maximum Gasteiger partial charge on any atom is 0.265 e. The first-order valence-corrected chi connectivity index (χ1v) is 9.04. The zero-order valence-electron chi connectivity index (χ0n) is 11.3. The lowest BCUT2D eigenvalue weighted by Crippen LogP contribution is -2.26. The van der Waals surface area contributed by atoms with Crippen LogP contribution in [0.3, 0.4) is 0 Å². The number of rotatable bonds is 6. The molecule has 0 aromatic heterocycles. The molecule has 0 atom stereocenters. The molecule has 20 heavy (non-hydrogen) atoms. The highest BCUT2D eigenvalue weighted by Gasteiger charge is 2.22. The van der Waals surface area contributed by atoms with E-state index in [1.807, 2.05) is 0 Å². The van der Waals surface area contributed by atoms with Crippen molar-refractivity contribution in [3.8, 4) is 0 Å². The minimum Gasteiger partial charge on any atom is -0.287 e. The minimum absolute atomic E-state index is 0.0740. The fourth-order valence-electron chi connectivity index (χ4n) is 1.24. The lowest BCUT2D eigenvalue weighted by atomic mass is 10.2. The monoisotopic (exact) mass is 325 g/mol. The van der Waals surface area contributed by atoms with Gasteiger partial charge in [-0.05, 0) is 24.1 Å². The van der Waals surface area contributed by atoms with Crippen molar-refractivity contribution in [2.24, 2.45) is 5.92 Å². The Morgan fingerprint density at radius 3 is 2.35 bits per heavy atom. The molecule has 0 fully saturated rings. The quantitative estimate of drug-likeness (QED) is 0.625. The first-order chi connectivity index (χ1) is 9.04. The van der Waals surface area contributed by atoms with Crippen LogP contribution in [0.15, 0.2) is 28.0 Å². The predicted molar refractivity (Wildman–Crippen MR) is 70.6 cm³/mol. The number of sulfone groups is 1. The van der Waals surface area contributed by atoms with Crippen LogP contribution in [0.4, 0.5) is 4.39 Å². The molecule has 0 bridgehead atoms. The van der Waals surface area contributed by atoms with Crippen LogP contribution >= 0.6 is 0 Å². The molecule has 114 valence electrons. The lowest BCUT2D eigenvalue weighted by Gasteiger charge is -2.10. The summed E-state index contributed by atoms with van der Waals surface area (Å²) in [6, 6.07) is 2.54. The van der Waals surface area contributed by atoms with E-state index in [-0.39, 0.29) is 17.4 Å². The molecule has 0 saturated carbocycles. The average Bonchev–Trinajstić information content (AvgIpc) is 2.26. The Morgan fingerprint density at radius 2 is 1.85 bits per heavy atom. The van der Waals surface area contributed by atoms with Gasteiger partial charge in [0.15, 0.2) is 9.84 Å². The number of hydrogen-bond donors (Lipinski definition) is 1. The van der Waals surface area contributed by atoms with E-state index in [2.05, 4.69) is 0 Å². The van der Waals surface area contributed by atoms with Gasteiger partial charge in [-0.1, -0.05) is 18.7 Å². The average molecular weight is 325 g/mol. The molecular weight excluding hydrogens is 309 g/mol. The van der Waals surface area contributed by atoms with Crippen LogP contribution in [0.1, 0.15) is 13.8 Å². The van der Waals surface area contributed by atoms with E-state index in [0.717, 1.165) is 24.5 Å². The van der Waals surface area contributed by atoms with E-state index in [1.165, 1.54) is 0 Å². The molecule has 1 aromatic rings. The van der Waals surface area contributed by atoms with E-state index < -0.39 is 30.6 Å². The highest BCUT2D eigenvalue weighted by molar-refractivity contribution is 7.91. The minimum atomic E-state index is -4.28. The molecule has 0 unspecified atom stereocenters. The zero-order chi connectivity index (χ0) is 15.6. The summed E-state index contributed by atoms with van der Waals surface area (Å²) in [5, 5.41) is 0. The van der Waals surface area contributed by atoms with E-state index >= 15 is 0 Å². The van der Waals surface area contributed by atoms with Crippen LogP contribution in [0.5, 0.6) is 0 Å². The molecular formula is C11H16FNO5S2. The van der Waals surface area contributed by atoms with Crippen LogP contribution in [-0.4, -0.2) is 29.7 Å². The van der Waals surface area contributed by atoms with Crippen LogP contribution in [-0.2, 0) is 24.7 Å². The fourth-order valence-corrected chi connectivity index (χ4v) is 2.89. The summed E-state index contributed by atoms with van der Waals surface area (Å²) in [5.41, 5.74) is 0. The Kier molecular flexibility index (Phi) is 5.25. The van der Waals surface area contributed by atoms with Crippen molar-refractivity contribution in [2.75, 3.05) is 12.9 Å². The number of nitrogens with one attached hydrogen (secondary N) is 1. The van der Waals surface area contributed by atoms with E-state index in [0.29, 0.717) is 0 Å². The third-order valence-electron chi connectivity index (χ3n) is 2.21. The Labute approximate surface area is 117 Å².